The Morgan fingerprint density at radius 1 is 1.24 bits per heavy atom. The number of hydrogen-bond acceptors (Lipinski definition) is 4. The quantitative estimate of drug-likeness (QED) is 0.738. The summed E-state index contributed by atoms with van der Waals surface area (Å²) in [6.07, 6.45) is 2.75. The van der Waals surface area contributed by atoms with Crippen molar-refractivity contribution in [1.82, 2.24) is 14.8 Å². The topological polar surface area (TPSA) is 80.1 Å². The van der Waals surface area contributed by atoms with Crippen LogP contribution in [0, 0.1) is 13.8 Å². The second kappa shape index (κ2) is 7.31. The molecule has 4 rings (SSSR count). The van der Waals surface area contributed by atoms with Crippen LogP contribution >= 0.6 is 0 Å². The van der Waals surface area contributed by atoms with E-state index in [-0.39, 0.29) is 24.4 Å². The summed E-state index contributed by atoms with van der Waals surface area (Å²) in [7, 11) is 0. The highest BCUT2D eigenvalue weighted by Gasteiger charge is 2.26. The average Bonchev–Trinajstić information content (AvgIpc) is 3.11. The lowest BCUT2D eigenvalue weighted by Gasteiger charge is -2.29. The molecule has 0 saturated heterocycles. The molecule has 2 amide bonds. The summed E-state index contributed by atoms with van der Waals surface area (Å²) in [6.45, 7) is 8.25. The van der Waals surface area contributed by atoms with Crippen LogP contribution in [0.25, 0.3) is 11.0 Å². The maximum absolute atomic E-state index is 13.0. The standard InChI is InChI=1S/C22H25N5O2/c1-13(2)27-22-17(11-23-27)14(3)16(15(4)24-22)9-10-21(29)26-12-20(28)25-18-7-5-6-8-19(18)26/h5-8,11,13H,9-10,12H2,1-4H3,(H,25,28). The molecular weight excluding hydrogens is 366 g/mol. The fraction of sp³-hybridized carbons (Fsp3) is 0.364. The van der Waals surface area contributed by atoms with Crippen LogP contribution in [0.4, 0.5) is 11.4 Å². The van der Waals surface area contributed by atoms with E-state index in [0.29, 0.717) is 18.5 Å². The van der Waals surface area contributed by atoms with Crippen LogP contribution in [-0.2, 0) is 16.0 Å². The molecule has 0 fully saturated rings. The number of benzene rings is 1. The monoisotopic (exact) mass is 391 g/mol. The van der Waals surface area contributed by atoms with E-state index in [0.717, 1.165) is 33.5 Å². The van der Waals surface area contributed by atoms with Crippen LogP contribution in [-0.4, -0.2) is 33.1 Å². The highest BCUT2D eigenvalue weighted by atomic mass is 16.2. The van der Waals surface area contributed by atoms with E-state index < -0.39 is 0 Å². The highest BCUT2D eigenvalue weighted by molar-refractivity contribution is 6.09. The van der Waals surface area contributed by atoms with E-state index in [1.54, 1.807) is 4.90 Å². The van der Waals surface area contributed by atoms with E-state index in [1.807, 2.05) is 42.1 Å². The van der Waals surface area contributed by atoms with Crippen molar-refractivity contribution in [1.29, 1.82) is 0 Å². The van der Waals surface area contributed by atoms with E-state index in [9.17, 15) is 9.59 Å². The van der Waals surface area contributed by atoms with Crippen molar-refractivity contribution < 1.29 is 9.59 Å². The van der Waals surface area contributed by atoms with Crippen LogP contribution < -0.4 is 10.2 Å². The minimum Gasteiger partial charge on any atom is -0.323 e. The van der Waals surface area contributed by atoms with Crippen molar-refractivity contribution in [2.24, 2.45) is 0 Å². The summed E-state index contributed by atoms with van der Waals surface area (Å²) in [5, 5.41) is 8.31. The van der Waals surface area contributed by atoms with Crippen molar-refractivity contribution in [3.8, 4) is 0 Å². The molecule has 1 aromatic carbocycles. The summed E-state index contributed by atoms with van der Waals surface area (Å²) in [6, 6.07) is 7.62. The fourth-order valence-corrected chi connectivity index (χ4v) is 3.96. The van der Waals surface area contributed by atoms with Gasteiger partial charge in [0, 0.05) is 23.5 Å². The zero-order chi connectivity index (χ0) is 20.7. The number of carbonyl (C=O) groups is 2. The first-order chi connectivity index (χ1) is 13.9. The minimum absolute atomic E-state index is 0.0479. The van der Waals surface area contributed by atoms with Gasteiger partial charge in [-0.15, -0.1) is 0 Å². The molecule has 29 heavy (non-hydrogen) atoms. The number of amides is 2. The SMILES string of the molecule is Cc1nc2c(cnn2C(C)C)c(C)c1CCC(=O)N1CC(=O)Nc2ccccc21. The number of aryl methyl sites for hydroxylation is 2. The average molecular weight is 391 g/mol. The molecule has 7 heteroatoms. The maximum Gasteiger partial charge on any atom is 0.244 e. The van der Waals surface area contributed by atoms with Crippen molar-refractivity contribution in [2.75, 3.05) is 16.8 Å². The second-order valence-electron chi connectivity index (χ2n) is 7.77. The van der Waals surface area contributed by atoms with E-state index in [4.69, 9.17) is 4.98 Å². The molecule has 1 aliphatic heterocycles. The Morgan fingerprint density at radius 2 is 2.00 bits per heavy atom. The zero-order valence-electron chi connectivity index (χ0n) is 17.2. The van der Waals surface area contributed by atoms with Crippen molar-refractivity contribution in [2.45, 2.75) is 46.6 Å². The van der Waals surface area contributed by atoms with Gasteiger partial charge >= 0.3 is 0 Å². The predicted molar refractivity (Wildman–Crippen MR) is 113 cm³/mol. The number of para-hydroxylation sites is 2. The first kappa shape index (κ1) is 19.1. The van der Waals surface area contributed by atoms with Gasteiger partial charge in [-0.25, -0.2) is 9.67 Å². The van der Waals surface area contributed by atoms with E-state index in [1.165, 1.54) is 0 Å². The molecule has 0 unspecified atom stereocenters. The Kier molecular flexibility index (Phi) is 4.82. The van der Waals surface area contributed by atoms with Crippen LogP contribution in [0.15, 0.2) is 30.5 Å². The lowest BCUT2D eigenvalue weighted by atomic mass is 10.00. The van der Waals surface area contributed by atoms with Gasteiger partial charge in [0.25, 0.3) is 0 Å². The predicted octanol–water partition coefficient (Wildman–Crippen LogP) is 3.55. The Bertz CT molecular complexity index is 1120. The molecule has 0 aliphatic carbocycles. The van der Waals surface area contributed by atoms with Gasteiger partial charge in [-0.3, -0.25) is 9.59 Å². The van der Waals surface area contributed by atoms with Gasteiger partial charge in [0.1, 0.15) is 6.54 Å². The Morgan fingerprint density at radius 3 is 2.76 bits per heavy atom. The summed E-state index contributed by atoms with van der Waals surface area (Å²) in [5.74, 6) is -0.238. The summed E-state index contributed by atoms with van der Waals surface area (Å²) in [4.78, 5) is 31.3. The number of rotatable bonds is 4. The molecule has 0 bridgehead atoms. The molecule has 1 N–H and O–H groups in total. The first-order valence-corrected chi connectivity index (χ1v) is 9.89. The molecule has 150 valence electrons. The fourth-order valence-electron chi connectivity index (χ4n) is 3.96. The summed E-state index contributed by atoms with van der Waals surface area (Å²) >= 11 is 0. The number of carbonyl (C=O) groups excluding carboxylic acids is 2. The highest BCUT2D eigenvalue weighted by Crippen LogP contribution is 2.30. The number of anilines is 2. The van der Waals surface area contributed by atoms with E-state index in [2.05, 4.69) is 31.2 Å². The number of pyridine rings is 1. The third kappa shape index (κ3) is 3.37. The van der Waals surface area contributed by atoms with Crippen LogP contribution in [0.3, 0.4) is 0 Å². The van der Waals surface area contributed by atoms with Gasteiger partial charge in [0.15, 0.2) is 5.65 Å². The van der Waals surface area contributed by atoms with Gasteiger partial charge in [0.05, 0.1) is 17.6 Å². The molecule has 1 aliphatic rings. The first-order valence-electron chi connectivity index (χ1n) is 9.89. The number of fused-ring (bicyclic) bond motifs is 2. The molecule has 0 radical (unpaired) electrons. The third-order valence-corrected chi connectivity index (χ3v) is 5.49. The molecule has 0 saturated carbocycles. The smallest absolute Gasteiger partial charge is 0.244 e. The molecule has 7 nitrogen and oxygen atoms in total. The summed E-state index contributed by atoms with van der Waals surface area (Å²) in [5.41, 5.74) is 5.41. The van der Waals surface area contributed by atoms with Gasteiger partial charge < -0.3 is 10.2 Å². The second-order valence-corrected chi connectivity index (χ2v) is 7.77. The van der Waals surface area contributed by atoms with Gasteiger partial charge in [-0.2, -0.15) is 5.10 Å². The molecule has 3 heterocycles. The largest absolute Gasteiger partial charge is 0.323 e. The lowest BCUT2D eigenvalue weighted by Crippen LogP contribution is -2.42. The molecule has 0 atom stereocenters. The normalized spacial score (nSPS) is 13.7. The number of nitrogens with one attached hydrogen (secondary N) is 1. The van der Waals surface area contributed by atoms with Crippen LogP contribution in [0.5, 0.6) is 0 Å². The van der Waals surface area contributed by atoms with Crippen LogP contribution in [0.1, 0.15) is 43.1 Å². The minimum atomic E-state index is -0.173. The van der Waals surface area contributed by atoms with Crippen molar-refractivity contribution in [3.05, 3.63) is 47.3 Å². The third-order valence-electron chi connectivity index (χ3n) is 5.49. The molecule has 3 aromatic rings. The Hall–Kier alpha value is -3.22. The zero-order valence-corrected chi connectivity index (χ0v) is 17.2. The number of hydrogen-bond donors (Lipinski definition) is 1. The molecular formula is C22H25N5O2. The van der Waals surface area contributed by atoms with Gasteiger partial charge in [-0.05, 0) is 57.4 Å². The lowest BCUT2D eigenvalue weighted by molar-refractivity contribution is -0.121. The van der Waals surface area contributed by atoms with Crippen LogP contribution in [0.2, 0.25) is 0 Å². The Labute approximate surface area is 169 Å². The Balaban J connectivity index is 1.59. The number of aromatic nitrogens is 3. The maximum atomic E-state index is 13.0. The van der Waals surface area contributed by atoms with Crippen molar-refractivity contribution in [3.63, 3.8) is 0 Å². The number of nitrogens with zero attached hydrogens (tertiary/aromatic N) is 4. The van der Waals surface area contributed by atoms with Gasteiger partial charge in [-0.1, -0.05) is 12.1 Å². The molecule has 0 spiro atoms. The summed E-state index contributed by atoms with van der Waals surface area (Å²) < 4.78 is 1.92. The molecule has 2 aromatic heterocycles. The van der Waals surface area contributed by atoms with Gasteiger partial charge in [0.2, 0.25) is 11.8 Å². The van der Waals surface area contributed by atoms with Crippen molar-refractivity contribution >= 4 is 34.2 Å². The van der Waals surface area contributed by atoms with E-state index >= 15 is 0 Å².